The summed E-state index contributed by atoms with van der Waals surface area (Å²) in [4.78, 5) is 37.8. The number of fused-ring (bicyclic) bond motifs is 2. The van der Waals surface area contributed by atoms with Crippen LogP contribution in [0.4, 0.5) is 0 Å². The lowest BCUT2D eigenvalue weighted by Crippen LogP contribution is -2.43. The molecular weight excluding hydrogens is 364 g/mol. The van der Waals surface area contributed by atoms with Gasteiger partial charge in [0.2, 0.25) is 12.2 Å². The highest BCUT2D eigenvalue weighted by molar-refractivity contribution is 5.99. The minimum Gasteiger partial charge on any atom is -0.467 e. The number of hydrogen-bond acceptors (Lipinski definition) is 6. The number of benzene rings is 1. The van der Waals surface area contributed by atoms with Crippen LogP contribution in [0.1, 0.15) is 37.6 Å². The van der Waals surface area contributed by atoms with Crippen LogP contribution < -0.4 is 20.2 Å². The molecule has 1 amide bonds. The Hall–Kier alpha value is -3.03. The van der Waals surface area contributed by atoms with Crippen molar-refractivity contribution < 1.29 is 23.8 Å². The molecule has 8 heteroatoms. The van der Waals surface area contributed by atoms with E-state index in [0.717, 1.165) is 0 Å². The van der Waals surface area contributed by atoms with E-state index < -0.39 is 23.3 Å². The number of aromatic nitrogens is 1. The van der Waals surface area contributed by atoms with E-state index in [9.17, 15) is 14.4 Å². The molecule has 1 atom stereocenters. The van der Waals surface area contributed by atoms with Crippen molar-refractivity contribution in [2.24, 2.45) is 5.92 Å². The molecule has 0 aliphatic carbocycles. The number of methoxy groups -OCH3 is 1. The maximum absolute atomic E-state index is 13.0. The summed E-state index contributed by atoms with van der Waals surface area (Å²) in [6.45, 7) is 6.42. The summed E-state index contributed by atoms with van der Waals surface area (Å²) in [5, 5.41) is 3.00. The van der Waals surface area contributed by atoms with Crippen LogP contribution in [0.5, 0.6) is 11.5 Å². The van der Waals surface area contributed by atoms with E-state index in [1.165, 1.54) is 13.3 Å². The van der Waals surface area contributed by atoms with Gasteiger partial charge in [0.15, 0.2) is 11.5 Å². The van der Waals surface area contributed by atoms with E-state index in [-0.39, 0.29) is 18.3 Å². The Balaban J connectivity index is 2.03. The number of amides is 1. The minimum absolute atomic E-state index is 0.0362. The fourth-order valence-corrected chi connectivity index (χ4v) is 3.27. The Labute approximate surface area is 162 Å². The van der Waals surface area contributed by atoms with E-state index in [4.69, 9.17) is 14.2 Å². The van der Waals surface area contributed by atoms with Gasteiger partial charge in [0, 0.05) is 18.8 Å². The molecule has 0 radical (unpaired) electrons. The molecule has 1 N–H and O–H groups in total. The molecule has 1 aliphatic rings. The normalized spacial score (nSPS) is 13.6. The van der Waals surface area contributed by atoms with Crippen LogP contribution in [-0.2, 0) is 16.1 Å². The van der Waals surface area contributed by atoms with Crippen LogP contribution in [0.15, 0.2) is 23.1 Å². The second kappa shape index (κ2) is 7.92. The van der Waals surface area contributed by atoms with Crippen LogP contribution >= 0.6 is 0 Å². The first-order valence-corrected chi connectivity index (χ1v) is 9.21. The predicted octanol–water partition coefficient (Wildman–Crippen LogP) is 2.07. The summed E-state index contributed by atoms with van der Waals surface area (Å²) < 4.78 is 17.3. The Morgan fingerprint density at radius 3 is 2.54 bits per heavy atom. The molecule has 0 spiro atoms. The first-order chi connectivity index (χ1) is 13.3. The summed E-state index contributed by atoms with van der Waals surface area (Å²) in [7, 11) is 1.27. The first-order valence-electron chi connectivity index (χ1n) is 9.21. The molecular formula is C20H24N2O6. The van der Waals surface area contributed by atoms with Crippen LogP contribution in [-0.4, -0.2) is 36.4 Å². The second-order valence-corrected chi connectivity index (χ2v) is 7.06. The number of carbonyl (C=O) groups is 2. The smallest absolute Gasteiger partial charge is 0.328 e. The van der Waals surface area contributed by atoms with Gasteiger partial charge < -0.3 is 24.1 Å². The molecule has 28 heavy (non-hydrogen) atoms. The number of pyridine rings is 1. The van der Waals surface area contributed by atoms with E-state index in [2.05, 4.69) is 5.32 Å². The van der Waals surface area contributed by atoms with Gasteiger partial charge in [-0.1, -0.05) is 13.8 Å². The van der Waals surface area contributed by atoms with Crippen molar-refractivity contribution in [2.45, 2.75) is 39.8 Å². The topological polar surface area (TPSA) is 95.9 Å². The Kier molecular flexibility index (Phi) is 5.58. The van der Waals surface area contributed by atoms with Gasteiger partial charge in [0.1, 0.15) is 11.6 Å². The number of ether oxygens (including phenoxy) is 3. The SMILES string of the molecule is CCn1cc(C(=O)N[C@@H](CC(C)C)C(=O)OC)c(=O)c2cc3c(cc21)OCO3. The number of esters is 1. The highest BCUT2D eigenvalue weighted by atomic mass is 16.7. The standard InChI is InChI=1S/C20H24N2O6/c1-5-22-9-13(19(24)21-14(6-11(2)3)20(25)26-4)18(23)12-7-16-17(8-15(12)22)28-10-27-16/h7-9,11,14H,5-6,10H2,1-4H3,(H,21,24)/t14-/m0/s1. The lowest BCUT2D eigenvalue weighted by Gasteiger charge is -2.19. The average Bonchev–Trinajstić information content (AvgIpc) is 3.13. The Morgan fingerprint density at radius 1 is 1.25 bits per heavy atom. The second-order valence-electron chi connectivity index (χ2n) is 7.06. The molecule has 1 aromatic carbocycles. The lowest BCUT2D eigenvalue weighted by molar-refractivity contribution is -0.143. The van der Waals surface area contributed by atoms with Gasteiger partial charge in [-0.3, -0.25) is 9.59 Å². The molecule has 0 fully saturated rings. The Morgan fingerprint density at radius 2 is 1.93 bits per heavy atom. The van der Waals surface area contributed by atoms with Crippen LogP contribution in [0, 0.1) is 5.92 Å². The fraction of sp³-hybridized carbons (Fsp3) is 0.450. The van der Waals surface area contributed by atoms with E-state index >= 15 is 0 Å². The minimum atomic E-state index is -0.820. The molecule has 2 heterocycles. The zero-order valence-corrected chi connectivity index (χ0v) is 16.4. The monoisotopic (exact) mass is 388 g/mol. The van der Waals surface area contributed by atoms with Crippen LogP contribution in [0.2, 0.25) is 0 Å². The van der Waals surface area contributed by atoms with E-state index in [1.54, 1.807) is 16.7 Å². The molecule has 0 bridgehead atoms. The first kappa shape index (κ1) is 19.7. The summed E-state index contributed by atoms with van der Waals surface area (Å²) >= 11 is 0. The quantitative estimate of drug-likeness (QED) is 0.761. The van der Waals surface area contributed by atoms with Gasteiger partial charge >= 0.3 is 5.97 Å². The summed E-state index contributed by atoms with van der Waals surface area (Å²) in [5.74, 6) is 0.0453. The molecule has 3 rings (SSSR count). The van der Waals surface area contributed by atoms with Gasteiger partial charge in [0.05, 0.1) is 18.0 Å². The molecule has 1 aromatic heterocycles. The number of aryl methyl sites for hydroxylation is 1. The summed E-state index contributed by atoms with van der Waals surface area (Å²) in [6.07, 6.45) is 1.92. The van der Waals surface area contributed by atoms with Gasteiger partial charge in [-0.2, -0.15) is 0 Å². The molecule has 0 saturated heterocycles. The third kappa shape index (κ3) is 3.67. The third-order valence-electron chi connectivity index (χ3n) is 4.66. The molecule has 2 aromatic rings. The van der Waals surface area contributed by atoms with Crippen molar-refractivity contribution in [2.75, 3.05) is 13.9 Å². The zero-order valence-electron chi connectivity index (χ0n) is 16.4. The highest BCUT2D eigenvalue weighted by Crippen LogP contribution is 2.35. The number of rotatable bonds is 6. The van der Waals surface area contributed by atoms with Crippen LogP contribution in [0.3, 0.4) is 0 Å². The van der Waals surface area contributed by atoms with Crippen LogP contribution in [0.25, 0.3) is 10.9 Å². The number of nitrogens with one attached hydrogen (secondary N) is 1. The largest absolute Gasteiger partial charge is 0.467 e. The van der Waals surface area contributed by atoms with Crippen molar-refractivity contribution in [1.29, 1.82) is 0 Å². The fourth-order valence-electron chi connectivity index (χ4n) is 3.27. The van der Waals surface area contributed by atoms with Gasteiger partial charge in [-0.25, -0.2) is 4.79 Å². The van der Waals surface area contributed by atoms with E-state index in [0.29, 0.717) is 35.4 Å². The molecule has 0 unspecified atom stereocenters. The number of carbonyl (C=O) groups excluding carboxylic acids is 2. The van der Waals surface area contributed by atoms with Crippen molar-refractivity contribution in [3.05, 3.63) is 34.1 Å². The maximum atomic E-state index is 13.0. The molecule has 150 valence electrons. The number of nitrogens with zero attached hydrogens (tertiary/aromatic N) is 1. The van der Waals surface area contributed by atoms with Crippen molar-refractivity contribution in [3.63, 3.8) is 0 Å². The van der Waals surface area contributed by atoms with Gasteiger partial charge in [-0.05, 0) is 25.3 Å². The average molecular weight is 388 g/mol. The maximum Gasteiger partial charge on any atom is 0.328 e. The van der Waals surface area contributed by atoms with Crippen molar-refractivity contribution in [1.82, 2.24) is 9.88 Å². The van der Waals surface area contributed by atoms with Crippen molar-refractivity contribution >= 4 is 22.8 Å². The highest BCUT2D eigenvalue weighted by Gasteiger charge is 2.26. The van der Waals surface area contributed by atoms with Gasteiger partial charge in [0.25, 0.3) is 5.91 Å². The number of hydrogen-bond donors (Lipinski definition) is 1. The zero-order chi connectivity index (χ0) is 20.4. The summed E-state index contributed by atoms with van der Waals surface area (Å²) in [5.41, 5.74) is 0.189. The predicted molar refractivity (Wildman–Crippen MR) is 103 cm³/mol. The van der Waals surface area contributed by atoms with Crippen molar-refractivity contribution in [3.8, 4) is 11.5 Å². The molecule has 1 aliphatic heterocycles. The molecule has 8 nitrogen and oxygen atoms in total. The van der Waals surface area contributed by atoms with Gasteiger partial charge in [-0.15, -0.1) is 0 Å². The third-order valence-corrected chi connectivity index (χ3v) is 4.66. The summed E-state index contributed by atoms with van der Waals surface area (Å²) in [6, 6.07) is 2.51. The lowest BCUT2D eigenvalue weighted by atomic mass is 10.0. The Bertz CT molecular complexity index is 979. The molecule has 0 saturated carbocycles. The van der Waals surface area contributed by atoms with E-state index in [1.807, 2.05) is 20.8 Å².